The standard InChI is InChI=1S/C16H14ClN3O3/c1-21-13-7-4-11(15-19-20-16(18)23-15)8-14(13)22-9-10-2-5-12(17)6-3-10/h2-8H,9H2,1H3,(H2,18,20). The summed E-state index contributed by atoms with van der Waals surface area (Å²) < 4.78 is 16.4. The van der Waals surface area contributed by atoms with Crippen LogP contribution in [0, 0.1) is 0 Å². The number of nitrogen functional groups attached to an aromatic ring is 1. The molecule has 1 heterocycles. The predicted molar refractivity (Wildman–Crippen MR) is 86.5 cm³/mol. The van der Waals surface area contributed by atoms with Crippen molar-refractivity contribution in [3.05, 3.63) is 53.1 Å². The van der Waals surface area contributed by atoms with E-state index in [-0.39, 0.29) is 6.01 Å². The van der Waals surface area contributed by atoms with Crippen LogP contribution >= 0.6 is 11.6 Å². The van der Waals surface area contributed by atoms with Crippen molar-refractivity contribution in [2.75, 3.05) is 12.8 Å². The second kappa shape index (κ2) is 6.58. The number of methoxy groups -OCH3 is 1. The lowest BCUT2D eigenvalue weighted by Crippen LogP contribution is -1.98. The molecule has 0 bridgehead atoms. The number of benzene rings is 2. The van der Waals surface area contributed by atoms with Crippen LogP contribution in [0.1, 0.15) is 5.56 Å². The van der Waals surface area contributed by atoms with Gasteiger partial charge in [-0.2, -0.15) is 0 Å². The van der Waals surface area contributed by atoms with Crippen LogP contribution in [0.2, 0.25) is 5.02 Å². The molecule has 2 aromatic carbocycles. The van der Waals surface area contributed by atoms with Gasteiger partial charge in [0.1, 0.15) is 6.61 Å². The number of nitrogens with zero attached hydrogens (tertiary/aromatic N) is 2. The largest absolute Gasteiger partial charge is 0.493 e. The molecule has 0 fully saturated rings. The molecule has 0 amide bonds. The Balaban J connectivity index is 1.83. The molecule has 2 N–H and O–H groups in total. The topological polar surface area (TPSA) is 83.4 Å². The maximum atomic E-state index is 5.87. The molecular formula is C16H14ClN3O3. The van der Waals surface area contributed by atoms with Crippen molar-refractivity contribution in [1.82, 2.24) is 10.2 Å². The van der Waals surface area contributed by atoms with E-state index in [1.165, 1.54) is 0 Å². The second-order valence-corrected chi connectivity index (χ2v) is 5.16. The quantitative estimate of drug-likeness (QED) is 0.769. The Morgan fingerprint density at radius 3 is 2.52 bits per heavy atom. The van der Waals surface area contributed by atoms with E-state index in [0.29, 0.717) is 34.6 Å². The first-order chi connectivity index (χ1) is 11.2. The van der Waals surface area contributed by atoms with Crippen LogP contribution in [0.25, 0.3) is 11.5 Å². The van der Waals surface area contributed by atoms with Gasteiger partial charge in [0, 0.05) is 10.6 Å². The highest BCUT2D eigenvalue weighted by Crippen LogP contribution is 2.32. The Bertz CT molecular complexity index is 803. The minimum absolute atomic E-state index is 0.0134. The molecule has 0 spiro atoms. The zero-order valence-electron chi connectivity index (χ0n) is 12.3. The number of aromatic nitrogens is 2. The van der Waals surface area contributed by atoms with Crippen LogP contribution in [-0.2, 0) is 6.61 Å². The van der Waals surface area contributed by atoms with Gasteiger partial charge < -0.3 is 19.6 Å². The zero-order chi connectivity index (χ0) is 16.2. The Morgan fingerprint density at radius 1 is 1.09 bits per heavy atom. The molecule has 3 rings (SSSR count). The molecule has 7 heteroatoms. The number of hydrogen-bond acceptors (Lipinski definition) is 6. The smallest absolute Gasteiger partial charge is 0.313 e. The van der Waals surface area contributed by atoms with Gasteiger partial charge in [-0.15, -0.1) is 5.10 Å². The minimum Gasteiger partial charge on any atom is -0.493 e. The first-order valence-corrected chi connectivity index (χ1v) is 7.18. The highest BCUT2D eigenvalue weighted by Gasteiger charge is 2.12. The molecule has 3 aromatic rings. The molecule has 23 heavy (non-hydrogen) atoms. The van der Waals surface area contributed by atoms with Gasteiger partial charge in [0.15, 0.2) is 11.5 Å². The summed E-state index contributed by atoms with van der Waals surface area (Å²) in [5.41, 5.74) is 7.14. The summed E-state index contributed by atoms with van der Waals surface area (Å²) in [4.78, 5) is 0. The van der Waals surface area contributed by atoms with E-state index in [1.54, 1.807) is 25.3 Å². The molecule has 0 radical (unpaired) electrons. The molecule has 0 aliphatic heterocycles. The molecule has 0 unspecified atom stereocenters. The monoisotopic (exact) mass is 331 g/mol. The number of nitrogens with two attached hydrogens (primary N) is 1. The molecule has 0 saturated heterocycles. The fraction of sp³-hybridized carbons (Fsp3) is 0.125. The maximum Gasteiger partial charge on any atom is 0.313 e. The summed E-state index contributed by atoms with van der Waals surface area (Å²) in [5, 5.41) is 8.18. The Morgan fingerprint density at radius 2 is 1.87 bits per heavy atom. The summed E-state index contributed by atoms with van der Waals surface area (Å²) in [6.45, 7) is 0.378. The van der Waals surface area contributed by atoms with Gasteiger partial charge in [-0.3, -0.25) is 0 Å². The number of ether oxygens (including phenoxy) is 2. The van der Waals surface area contributed by atoms with Crippen LogP contribution < -0.4 is 15.2 Å². The van der Waals surface area contributed by atoms with E-state index in [1.807, 2.05) is 24.3 Å². The van der Waals surface area contributed by atoms with Crippen molar-refractivity contribution >= 4 is 17.6 Å². The summed E-state index contributed by atoms with van der Waals surface area (Å²) in [6, 6.07) is 12.8. The number of anilines is 1. The Kier molecular flexibility index (Phi) is 4.34. The van der Waals surface area contributed by atoms with Gasteiger partial charge in [-0.05, 0) is 35.9 Å². The van der Waals surface area contributed by atoms with Crippen molar-refractivity contribution in [3.63, 3.8) is 0 Å². The lowest BCUT2D eigenvalue weighted by Gasteiger charge is -2.11. The van der Waals surface area contributed by atoms with Gasteiger partial charge in [-0.1, -0.05) is 28.8 Å². The third-order valence-electron chi connectivity index (χ3n) is 3.16. The molecule has 118 valence electrons. The van der Waals surface area contributed by atoms with Crippen molar-refractivity contribution in [2.45, 2.75) is 6.61 Å². The van der Waals surface area contributed by atoms with E-state index < -0.39 is 0 Å². The van der Waals surface area contributed by atoms with Crippen LogP contribution in [0.3, 0.4) is 0 Å². The zero-order valence-corrected chi connectivity index (χ0v) is 13.1. The molecule has 1 aromatic heterocycles. The lowest BCUT2D eigenvalue weighted by molar-refractivity contribution is 0.284. The highest BCUT2D eigenvalue weighted by molar-refractivity contribution is 6.30. The fourth-order valence-electron chi connectivity index (χ4n) is 2.02. The number of halogens is 1. The maximum absolute atomic E-state index is 5.87. The molecule has 0 aliphatic rings. The van der Waals surface area contributed by atoms with Crippen LogP contribution in [0.5, 0.6) is 11.5 Å². The van der Waals surface area contributed by atoms with E-state index in [2.05, 4.69) is 10.2 Å². The van der Waals surface area contributed by atoms with Crippen LogP contribution in [0.4, 0.5) is 6.01 Å². The normalized spacial score (nSPS) is 10.5. The van der Waals surface area contributed by atoms with Gasteiger partial charge in [0.25, 0.3) is 0 Å². The molecule has 6 nitrogen and oxygen atoms in total. The Labute approximate surface area is 137 Å². The van der Waals surface area contributed by atoms with Crippen molar-refractivity contribution in [2.24, 2.45) is 0 Å². The van der Waals surface area contributed by atoms with Gasteiger partial charge in [-0.25, -0.2) is 0 Å². The van der Waals surface area contributed by atoms with Gasteiger partial charge >= 0.3 is 6.01 Å². The van der Waals surface area contributed by atoms with Crippen molar-refractivity contribution in [1.29, 1.82) is 0 Å². The second-order valence-electron chi connectivity index (χ2n) is 4.73. The fourth-order valence-corrected chi connectivity index (χ4v) is 2.14. The SMILES string of the molecule is COc1ccc(-c2nnc(N)o2)cc1OCc1ccc(Cl)cc1. The molecule has 0 aliphatic carbocycles. The van der Waals surface area contributed by atoms with Crippen LogP contribution in [0.15, 0.2) is 46.9 Å². The Hall–Kier alpha value is -2.73. The average Bonchev–Trinajstić information content (AvgIpc) is 3.00. The van der Waals surface area contributed by atoms with Gasteiger partial charge in [0.2, 0.25) is 5.89 Å². The van der Waals surface area contributed by atoms with E-state index in [9.17, 15) is 0 Å². The minimum atomic E-state index is 0.0134. The highest BCUT2D eigenvalue weighted by atomic mass is 35.5. The summed E-state index contributed by atoms with van der Waals surface area (Å²) >= 11 is 5.87. The molecular weight excluding hydrogens is 318 g/mol. The van der Waals surface area contributed by atoms with Crippen LogP contribution in [-0.4, -0.2) is 17.3 Å². The van der Waals surface area contributed by atoms with E-state index in [0.717, 1.165) is 5.56 Å². The number of rotatable bonds is 5. The summed E-state index contributed by atoms with van der Waals surface area (Å²) in [7, 11) is 1.58. The first kappa shape index (κ1) is 15.2. The van der Waals surface area contributed by atoms with E-state index >= 15 is 0 Å². The van der Waals surface area contributed by atoms with E-state index in [4.69, 9.17) is 31.2 Å². The van der Waals surface area contributed by atoms with Crippen molar-refractivity contribution < 1.29 is 13.9 Å². The average molecular weight is 332 g/mol. The van der Waals surface area contributed by atoms with Crippen molar-refractivity contribution in [3.8, 4) is 23.0 Å². The lowest BCUT2D eigenvalue weighted by atomic mass is 10.2. The molecule has 0 atom stereocenters. The molecule has 0 saturated carbocycles. The first-order valence-electron chi connectivity index (χ1n) is 6.80. The predicted octanol–water partition coefficient (Wildman–Crippen LogP) is 3.56. The summed E-state index contributed by atoms with van der Waals surface area (Å²) in [6.07, 6.45) is 0. The number of hydrogen-bond donors (Lipinski definition) is 1. The third kappa shape index (κ3) is 3.54. The van der Waals surface area contributed by atoms with Gasteiger partial charge in [0.05, 0.1) is 7.11 Å². The summed E-state index contributed by atoms with van der Waals surface area (Å²) in [5.74, 6) is 1.49. The third-order valence-corrected chi connectivity index (χ3v) is 3.41.